The Morgan fingerprint density at radius 1 is 0.967 bits per heavy atom. The molecule has 8 heteroatoms. The summed E-state index contributed by atoms with van der Waals surface area (Å²) in [6.07, 6.45) is 1.69. The third kappa shape index (κ3) is 3.58. The summed E-state index contributed by atoms with van der Waals surface area (Å²) in [4.78, 5) is 16.9. The molecule has 0 unspecified atom stereocenters. The van der Waals surface area contributed by atoms with E-state index in [0.717, 1.165) is 28.0 Å². The van der Waals surface area contributed by atoms with Crippen molar-refractivity contribution in [1.82, 2.24) is 15.2 Å². The predicted molar refractivity (Wildman–Crippen MR) is 112 cm³/mol. The topological polar surface area (TPSA) is 98.3 Å². The molecule has 0 aliphatic carbocycles. The lowest BCUT2D eigenvalue weighted by Crippen LogP contribution is -2.15. The number of fused-ring (bicyclic) bond motifs is 2. The molecular formula is C22H17N5O3. The molecule has 0 atom stereocenters. The maximum absolute atomic E-state index is 12.6. The predicted octanol–water partition coefficient (Wildman–Crippen LogP) is 3.62. The summed E-state index contributed by atoms with van der Waals surface area (Å²) < 4.78 is 10.7. The highest BCUT2D eigenvalue weighted by molar-refractivity contribution is 6.07. The second-order valence-corrected chi connectivity index (χ2v) is 6.68. The molecule has 2 aromatic carbocycles. The molecular weight excluding hydrogens is 382 g/mol. The van der Waals surface area contributed by atoms with Gasteiger partial charge in [-0.3, -0.25) is 9.78 Å². The quantitative estimate of drug-likeness (QED) is 0.529. The van der Waals surface area contributed by atoms with Gasteiger partial charge in [0.1, 0.15) is 5.82 Å². The molecule has 30 heavy (non-hydrogen) atoms. The summed E-state index contributed by atoms with van der Waals surface area (Å²) in [7, 11) is 0. The van der Waals surface area contributed by atoms with E-state index in [2.05, 4.69) is 25.8 Å². The minimum Gasteiger partial charge on any atom is -0.454 e. The fraction of sp³-hybridized carbons (Fsp3) is 0.0909. The second kappa shape index (κ2) is 7.67. The van der Waals surface area contributed by atoms with Crippen molar-refractivity contribution < 1.29 is 14.3 Å². The minimum atomic E-state index is -0.344. The summed E-state index contributed by atoms with van der Waals surface area (Å²) in [6, 6.07) is 18.5. The molecule has 0 fully saturated rings. The number of rotatable bonds is 5. The van der Waals surface area contributed by atoms with Crippen LogP contribution in [0.2, 0.25) is 0 Å². The first-order valence-corrected chi connectivity index (χ1v) is 9.37. The van der Waals surface area contributed by atoms with Gasteiger partial charge in [-0.05, 0) is 42.0 Å². The van der Waals surface area contributed by atoms with Crippen molar-refractivity contribution in [2.24, 2.45) is 0 Å². The highest BCUT2D eigenvalue weighted by atomic mass is 16.7. The van der Waals surface area contributed by atoms with Crippen LogP contribution in [-0.4, -0.2) is 27.9 Å². The highest BCUT2D eigenvalue weighted by Crippen LogP contribution is 2.32. The first kappa shape index (κ1) is 17.9. The number of ether oxygens (including phenoxy) is 2. The maximum Gasteiger partial charge on any atom is 0.276 e. The Kier molecular flexibility index (Phi) is 4.57. The van der Waals surface area contributed by atoms with Crippen molar-refractivity contribution in [2.45, 2.75) is 6.54 Å². The molecule has 3 heterocycles. The van der Waals surface area contributed by atoms with Gasteiger partial charge in [-0.25, -0.2) is 0 Å². The van der Waals surface area contributed by atoms with Crippen molar-refractivity contribution in [2.75, 3.05) is 17.4 Å². The smallest absolute Gasteiger partial charge is 0.276 e. The monoisotopic (exact) mass is 399 g/mol. The van der Waals surface area contributed by atoms with E-state index in [9.17, 15) is 4.79 Å². The number of amides is 1. The van der Waals surface area contributed by atoms with Crippen LogP contribution >= 0.6 is 0 Å². The number of anilines is 2. The van der Waals surface area contributed by atoms with Gasteiger partial charge in [-0.15, -0.1) is 10.2 Å². The van der Waals surface area contributed by atoms with Crippen molar-refractivity contribution in [1.29, 1.82) is 0 Å². The average Bonchev–Trinajstić information content (AvgIpc) is 3.26. The zero-order chi connectivity index (χ0) is 20.3. The van der Waals surface area contributed by atoms with Crippen LogP contribution in [-0.2, 0) is 6.54 Å². The fourth-order valence-electron chi connectivity index (χ4n) is 3.18. The molecule has 1 amide bonds. The molecule has 1 aliphatic heterocycles. The van der Waals surface area contributed by atoms with E-state index in [0.29, 0.717) is 18.1 Å². The van der Waals surface area contributed by atoms with Crippen LogP contribution in [0.1, 0.15) is 16.1 Å². The normalized spacial score (nSPS) is 12.0. The molecule has 148 valence electrons. The number of hydrogen-bond acceptors (Lipinski definition) is 7. The molecule has 2 N–H and O–H groups in total. The van der Waals surface area contributed by atoms with Crippen LogP contribution in [0.25, 0.3) is 10.9 Å². The van der Waals surface area contributed by atoms with Crippen LogP contribution in [0.15, 0.2) is 66.9 Å². The first-order valence-electron chi connectivity index (χ1n) is 9.37. The van der Waals surface area contributed by atoms with E-state index in [1.54, 1.807) is 18.3 Å². The van der Waals surface area contributed by atoms with Gasteiger partial charge in [0.05, 0.1) is 11.2 Å². The van der Waals surface area contributed by atoms with Gasteiger partial charge >= 0.3 is 0 Å². The third-order valence-electron chi connectivity index (χ3n) is 4.69. The highest BCUT2D eigenvalue weighted by Gasteiger charge is 2.14. The van der Waals surface area contributed by atoms with E-state index in [4.69, 9.17) is 9.47 Å². The number of aromatic nitrogens is 3. The molecule has 4 aromatic rings. The molecule has 0 radical (unpaired) electrons. The number of nitrogens with one attached hydrogen (secondary N) is 2. The summed E-state index contributed by atoms with van der Waals surface area (Å²) in [5.74, 6) is 1.70. The zero-order valence-electron chi connectivity index (χ0n) is 15.8. The molecule has 0 saturated heterocycles. The van der Waals surface area contributed by atoms with Crippen LogP contribution < -0.4 is 20.1 Å². The largest absolute Gasteiger partial charge is 0.454 e. The van der Waals surface area contributed by atoms with E-state index in [-0.39, 0.29) is 18.4 Å². The van der Waals surface area contributed by atoms with Gasteiger partial charge in [0.25, 0.3) is 5.91 Å². The number of benzene rings is 2. The van der Waals surface area contributed by atoms with Gasteiger partial charge in [-0.2, -0.15) is 0 Å². The standard InChI is InChI=1S/C22H17N5O3/c28-22(25-16-5-1-3-15-4-2-10-23-21(15)16)17-7-9-20(27-26-17)24-12-14-6-8-18-19(11-14)30-13-29-18/h1-11H,12-13H2,(H,24,27)(H,25,28). The van der Waals surface area contributed by atoms with E-state index < -0.39 is 0 Å². The Labute approximate surface area is 171 Å². The third-order valence-corrected chi connectivity index (χ3v) is 4.69. The number of carbonyl (C=O) groups excluding carboxylic acids is 1. The number of nitrogens with zero attached hydrogens (tertiary/aromatic N) is 3. The Bertz CT molecular complexity index is 1220. The molecule has 8 nitrogen and oxygen atoms in total. The second-order valence-electron chi connectivity index (χ2n) is 6.68. The molecule has 0 spiro atoms. The lowest BCUT2D eigenvalue weighted by Gasteiger charge is -2.08. The van der Waals surface area contributed by atoms with Crippen LogP contribution in [0.3, 0.4) is 0 Å². The Morgan fingerprint density at radius 3 is 2.77 bits per heavy atom. The van der Waals surface area contributed by atoms with Crippen LogP contribution in [0.4, 0.5) is 11.5 Å². The molecule has 0 saturated carbocycles. The van der Waals surface area contributed by atoms with Gasteiger partial charge in [-0.1, -0.05) is 24.3 Å². The number of hydrogen-bond donors (Lipinski definition) is 2. The first-order chi connectivity index (χ1) is 14.8. The van der Waals surface area contributed by atoms with Crippen molar-refractivity contribution in [3.05, 3.63) is 78.1 Å². The van der Waals surface area contributed by atoms with Gasteiger partial charge in [0.15, 0.2) is 17.2 Å². The van der Waals surface area contributed by atoms with Crippen molar-refractivity contribution in [3.8, 4) is 11.5 Å². The fourth-order valence-corrected chi connectivity index (χ4v) is 3.18. The molecule has 2 aromatic heterocycles. The lowest BCUT2D eigenvalue weighted by molar-refractivity contribution is 0.102. The van der Waals surface area contributed by atoms with Crippen LogP contribution in [0.5, 0.6) is 11.5 Å². The Balaban J connectivity index is 1.25. The van der Waals surface area contributed by atoms with Gasteiger partial charge in [0, 0.05) is 18.1 Å². The van der Waals surface area contributed by atoms with Gasteiger partial charge in [0.2, 0.25) is 6.79 Å². The average molecular weight is 399 g/mol. The Hall–Kier alpha value is -4.20. The van der Waals surface area contributed by atoms with E-state index in [1.807, 2.05) is 48.5 Å². The van der Waals surface area contributed by atoms with Crippen molar-refractivity contribution in [3.63, 3.8) is 0 Å². The number of carbonyl (C=O) groups is 1. The number of pyridine rings is 1. The summed E-state index contributed by atoms with van der Waals surface area (Å²) in [6.45, 7) is 0.786. The van der Waals surface area contributed by atoms with E-state index in [1.165, 1.54) is 0 Å². The number of para-hydroxylation sites is 1. The lowest BCUT2D eigenvalue weighted by atomic mass is 10.2. The molecule has 1 aliphatic rings. The SMILES string of the molecule is O=C(Nc1cccc2cccnc12)c1ccc(NCc2ccc3c(c2)OCO3)nn1. The van der Waals surface area contributed by atoms with E-state index >= 15 is 0 Å². The summed E-state index contributed by atoms with van der Waals surface area (Å²) in [5, 5.41) is 15.1. The molecule has 5 rings (SSSR count). The minimum absolute atomic E-state index is 0.219. The zero-order valence-corrected chi connectivity index (χ0v) is 15.8. The van der Waals surface area contributed by atoms with Crippen LogP contribution in [0, 0.1) is 0 Å². The summed E-state index contributed by atoms with van der Waals surface area (Å²) >= 11 is 0. The summed E-state index contributed by atoms with van der Waals surface area (Å²) in [5.41, 5.74) is 2.59. The van der Waals surface area contributed by atoms with Crippen molar-refractivity contribution >= 4 is 28.3 Å². The Morgan fingerprint density at radius 2 is 1.87 bits per heavy atom. The van der Waals surface area contributed by atoms with Gasteiger partial charge < -0.3 is 20.1 Å². The maximum atomic E-state index is 12.6. The molecule has 0 bridgehead atoms.